The van der Waals surface area contributed by atoms with Crippen molar-refractivity contribution in [1.82, 2.24) is 9.80 Å². The Kier molecular flexibility index (Phi) is 8.57. The van der Waals surface area contributed by atoms with Gasteiger partial charge in [0.15, 0.2) is 0 Å². The number of piperazine rings is 1. The number of carbonyl (C=O) groups is 1. The molecule has 1 aliphatic rings. The molecule has 0 bridgehead atoms. The number of rotatable bonds is 7. The molecule has 0 unspecified atom stereocenters. The van der Waals surface area contributed by atoms with Crippen LogP contribution in [0.5, 0.6) is 0 Å². The molecule has 3 aromatic carbocycles. The molecule has 1 fully saturated rings. The van der Waals surface area contributed by atoms with Crippen LogP contribution in [0.15, 0.2) is 72.8 Å². The minimum Gasteiger partial charge on any atom is -0.368 e. The van der Waals surface area contributed by atoms with Gasteiger partial charge >= 0.3 is 6.18 Å². The largest absolute Gasteiger partial charge is 0.416 e. The van der Waals surface area contributed by atoms with Crippen molar-refractivity contribution in [2.45, 2.75) is 18.9 Å². The average molecular weight is 537 g/mol. The van der Waals surface area contributed by atoms with Crippen LogP contribution in [0.2, 0.25) is 10.0 Å². The first-order chi connectivity index (χ1) is 17.2. The Morgan fingerprint density at radius 3 is 2.17 bits per heavy atom. The van der Waals surface area contributed by atoms with E-state index in [0.717, 1.165) is 17.7 Å². The van der Waals surface area contributed by atoms with Crippen molar-refractivity contribution in [3.8, 4) is 0 Å². The zero-order valence-electron chi connectivity index (χ0n) is 19.3. The second-order valence-corrected chi connectivity index (χ2v) is 9.52. The van der Waals surface area contributed by atoms with Gasteiger partial charge in [-0.1, -0.05) is 53.5 Å². The van der Waals surface area contributed by atoms with Crippen LogP contribution in [0.1, 0.15) is 33.2 Å². The quantitative estimate of drug-likeness (QED) is 0.335. The van der Waals surface area contributed by atoms with E-state index in [2.05, 4.69) is 4.90 Å². The van der Waals surface area contributed by atoms with Gasteiger partial charge in [0.2, 0.25) is 0 Å². The fraction of sp³-hybridized carbons (Fsp3) is 0.296. The summed E-state index contributed by atoms with van der Waals surface area (Å²) in [5.74, 6) is -0.0510. The van der Waals surface area contributed by atoms with Gasteiger partial charge in [-0.2, -0.15) is 13.2 Å². The average Bonchev–Trinajstić information content (AvgIpc) is 2.87. The molecule has 36 heavy (non-hydrogen) atoms. The van der Waals surface area contributed by atoms with Crippen LogP contribution in [0.25, 0.3) is 0 Å². The van der Waals surface area contributed by atoms with Crippen molar-refractivity contribution in [2.24, 2.45) is 0 Å². The van der Waals surface area contributed by atoms with E-state index in [1.807, 2.05) is 17.0 Å². The van der Waals surface area contributed by atoms with Crippen molar-refractivity contribution in [1.29, 1.82) is 0 Å². The summed E-state index contributed by atoms with van der Waals surface area (Å²) in [6.45, 7) is 3.20. The summed E-state index contributed by atoms with van der Waals surface area (Å²) in [6.07, 6.45) is -4.69. The van der Waals surface area contributed by atoms with E-state index in [0.29, 0.717) is 53.9 Å². The van der Waals surface area contributed by atoms with Gasteiger partial charge in [-0.3, -0.25) is 9.69 Å². The van der Waals surface area contributed by atoms with Crippen LogP contribution in [0.4, 0.5) is 13.2 Å². The van der Waals surface area contributed by atoms with Gasteiger partial charge in [0, 0.05) is 48.3 Å². The summed E-state index contributed by atoms with van der Waals surface area (Å²) in [7, 11) is 0. The minimum atomic E-state index is -4.37. The second-order valence-electron chi connectivity index (χ2n) is 8.65. The monoisotopic (exact) mass is 536 g/mol. The predicted molar refractivity (Wildman–Crippen MR) is 134 cm³/mol. The number of nitrogens with zero attached hydrogens (tertiary/aromatic N) is 2. The van der Waals surface area contributed by atoms with Crippen LogP contribution < -0.4 is 0 Å². The van der Waals surface area contributed by atoms with E-state index in [-0.39, 0.29) is 18.6 Å². The van der Waals surface area contributed by atoms with Crippen LogP contribution in [-0.4, -0.2) is 48.4 Å². The Morgan fingerprint density at radius 1 is 0.889 bits per heavy atom. The number of halogens is 5. The lowest BCUT2D eigenvalue weighted by atomic mass is 10.1. The lowest BCUT2D eigenvalue weighted by Gasteiger charge is -2.36. The first-order valence-electron chi connectivity index (χ1n) is 11.5. The maximum Gasteiger partial charge on any atom is 0.416 e. The number of benzene rings is 3. The summed E-state index contributed by atoms with van der Waals surface area (Å²) in [5.41, 5.74) is 1.45. The van der Waals surface area contributed by atoms with E-state index in [1.54, 1.807) is 36.4 Å². The third-order valence-corrected chi connectivity index (χ3v) is 6.62. The fourth-order valence-corrected chi connectivity index (χ4v) is 4.41. The van der Waals surface area contributed by atoms with E-state index < -0.39 is 11.7 Å². The van der Waals surface area contributed by atoms with Crippen LogP contribution in [-0.2, 0) is 17.5 Å². The van der Waals surface area contributed by atoms with E-state index in [9.17, 15) is 18.0 Å². The molecular formula is C27H25Cl2F3N2O2. The highest BCUT2D eigenvalue weighted by Gasteiger charge is 2.30. The molecule has 1 amide bonds. The maximum absolute atomic E-state index is 12.9. The number of amides is 1. The highest BCUT2D eigenvalue weighted by Crippen LogP contribution is 2.30. The van der Waals surface area contributed by atoms with Gasteiger partial charge < -0.3 is 9.64 Å². The van der Waals surface area contributed by atoms with Gasteiger partial charge in [0.05, 0.1) is 18.3 Å². The first-order valence-corrected chi connectivity index (χ1v) is 12.2. The van der Waals surface area contributed by atoms with Crippen molar-refractivity contribution in [3.63, 3.8) is 0 Å². The molecule has 0 aliphatic carbocycles. The van der Waals surface area contributed by atoms with Gasteiger partial charge in [0.1, 0.15) is 0 Å². The molecular weight excluding hydrogens is 512 g/mol. The van der Waals surface area contributed by atoms with Gasteiger partial charge in [-0.05, 0) is 53.6 Å². The smallest absolute Gasteiger partial charge is 0.368 e. The standard InChI is InChI=1S/C27H25Cl2F3N2O2/c28-23-10-6-20(7-11-23)25(36-18-19-4-8-22(9-5-19)27(30,31)32)17-33-12-14-34(15-13-33)26(35)21-2-1-3-24(29)16-21/h1-11,16,25H,12-15,17-18H2/t25-/m0/s1. The topological polar surface area (TPSA) is 32.8 Å². The third-order valence-electron chi connectivity index (χ3n) is 6.13. The Labute approximate surface area is 218 Å². The first kappa shape index (κ1) is 26.5. The van der Waals surface area contributed by atoms with E-state index in [4.69, 9.17) is 27.9 Å². The van der Waals surface area contributed by atoms with Crippen molar-refractivity contribution < 1.29 is 22.7 Å². The number of hydrogen-bond donors (Lipinski definition) is 0. The molecule has 9 heteroatoms. The number of alkyl halides is 3. The van der Waals surface area contributed by atoms with Crippen LogP contribution in [0, 0.1) is 0 Å². The lowest BCUT2D eigenvalue weighted by Crippen LogP contribution is -2.49. The molecule has 4 nitrogen and oxygen atoms in total. The molecule has 3 aromatic rings. The Balaban J connectivity index is 1.38. The molecule has 0 spiro atoms. The number of ether oxygens (including phenoxy) is 1. The van der Waals surface area contributed by atoms with E-state index in [1.165, 1.54) is 12.1 Å². The molecule has 4 rings (SSSR count). The molecule has 0 saturated carbocycles. The second kappa shape index (κ2) is 11.6. The molecule has 1 saturated heterocycles. The molecule has 0 aromatic heterocycles. The van der Waals surface area contributed by atoms with Crippen molar-refractivity contribution in [3.05, 3.63) is 105 Å². The fourth-order valence-electron chi connectivity index (χ4n) is 4.09. The lowest BCUT2D eigenvalue weighted by molar-refractivity contribution is -0.137. The SMILES string of the molecule is O=C(c1cccc(Cl)c1)N1CCN(C[C@H](OCc2ccc(C(F)(F)F)cc2)c2ccc(Cl)cc2)CC1. The van der Waals surface area contributed by atoms with Crippen LogP contribution >= 0.6 is 23.2 Å². The van der Waals surface area contributed by atoms with Crippen molar-refractivity contribution >= 4 is 29.1 Å². The van der Waals surface area contributed by atoms with Gasteiger partial charge in [0.25, 0.3) is 5.91 Å². The molecule has 1 aliphatic heterocycles. The zero-order valence-corrected chi connectivity index (χ0v) is 20.9. The van der Waals surface area contributed by atoms with Gasteiger partial charge in [-0.25, -0.2) is 0 Å². The van der Waals surface area contributed by atoms with E-state index >= 15 is 0 Å². The maximum atomic E-state index is 12.9. The molecule has 0 radical (unpaired) electrons. The predicted octanol–water partition coefficient (Wildman–Crippen LogP) is 6.73. The van der Waals surface area contributed by atoms with Crippen LogP contribution in [0.3, 0.4) is 0 Å². The van der Waals surface area contributed by atoms with Crippen molar-refractivity contribution in [2.75, 3.05) is 32.7 Å². The minimum absolute atomic E-state index is 0.0510. The highest BCUT2D eigenvalue weighted by atomic mass is 35.5. The molecule has 190 valence electrons. The zero-order chi connectivity index (χ0) is 25.7. The summed E-state index contributed by atoms with van der Waals surface area (Å²) in [5, 5.41) is 1.13. The van der Waals surface area contributed by atoms with Gasteiger partial charge in [-0.15, -0.1) is 0 Å². The Hall–Kier alpha value is -2.58. The Bertz CT molecular complexity index is 1160. The molecule has 0 N–H and O–H groups in total. The number of hydrogen-bond acceptors (Lipinski definition) is 3. The highest BCUT2D eigenvalue weighted by molar-refractivity contribution is 6.31. The molecule has 1 atom stereocenters. The summed E-state index contributed by atoms with van der Waals surface area (Å²) in [6, 6.07) is 19.3. The summed E-state index contributed by atoms with van der Waals surface area (Å²) in [4.78, 5) is 16.8. The third kappa shape index (κ3) is 7.01. The normalized spacial score (nSPS) is 15.6. The summed E-state index contributed by atoms with van der Waals surface area (Å²) >= 11 is 12.1. The summed E-state index contributed by atoms with van der Waals surface area (Å²) < 4.78 is 44.8. The Morgan fingerprint density at radius 2 is 1.56 bits per heavy atom. The number of carbonyl (C=O) groups excluding carboxylic acids is 1. The molecule has 1 heterocycles.